The second-order valence-electron chi connectivity index (χ2n) is 4.44. The van der Waals surface area contributed by atoms with E-state index >= 15 is 0 Å². The van der Waals surface area contributed by atoms with Gasteiger partial charge in [0.05, 0.1) is 0 Å². The van der Waals surface area contributed by atoms with Crippen molar-refractivity contribution in [3.8, 4) is 5.75 Å². The first-order chi connectivity index (χ1) is 6.35. The van der Waals surface area contributed by atoms with Gasteiger partial charge in [-0.15, -0.1) is 0 Å². The van der Waals surface area contributed by atoms with Crippen LogP contribution in [0.1, 0.15) is 31.9 Å². The van der Waals surface area contributed by atoms with E-state index in [0.717, 1.165) is 11.1 Å². The lowest BCUT2D eigenvalue weighted by molar-refractivity contribution is 0.348. The first-order valence-corrected chi connectivity index (χ1v) is 4.94. The fraction of sp³-hybridized carbons (Fsp3) is 0.500. The van der Waals surface area contributed by atoms with Gasteiger partial charge in [-0.1, -0.05) is 19.9 Å². The Hall–Kier alpha value is -1.02. The van der Waals surface area contributed by atoms with Gasteiger partial charge in [0, 0.05) is 5.54 Å². The van der Waals surface area contributed by atoms with Crippen LogP contribution in [0.3, 0.4) is 0 Å². The van der Waals surface area contributed by atoms with Crippen molar-refractivity contribution >= 4 is 0 Å². The van der Waals surface area contributed by atoms with Crippen LogP contribution in [0, 0.1) is 12.8 Å². The molecule has 0 aliphatic carbocycles. The molecule has 1 aromatic rings. The van der Waals surface area contributed by atoms with E-state index in [1.165, 1.54) is 0 Å². The highest BCUT2D eigenvalue weighted by molar-refractivity contribution is 5.38. The van der Waals surface area contributed by atoms with Gasteiger partial charge in [-0.3, -0.25) is 0 Å². The maximum absolute atomic E-state index is 9.30. The van der Waals surface area contributed by atoms with E-state index in [1.54, 1.807) is 12.1 Å². The molecule has 1 aromatic carbocycles. The predicted molar refractivity (Wildman–Crippen MR) is 59.2 cm³/mol. The molecular formula is C12H19NO. The molecule has 0 unspecified atom stereocenters. The summed E-state index contributed by atoms with van der Waals surface area (Å²) in [6, 6.07) is 5.35. The zero-order valence-corrected chi connectivity index (χ0v) is 9.33. The topological polar surface area (TPSA) is 46.2 Å². The Balaban J connectivity index is 3.19. The van der Waals surface area contributed by atoms with Gasteiger partial charge in [-0.05, 0) is 43.0 Å². The van der Waals surface area contributed by atoms with E-state index in [9.17, 15) is 5.11 Å². The molecule has 2 nitrogen and oxygen atoms in total. The van der Waals surface area contributed by atoms with Gasteiger partial charge in [0.2, 0.25) is 0 Å². The van der Waals surface area contributed by atoms with E-state index in [2.05, 4.69) is 13.8 Å². The molecule has 14 heavy (non-hydrogen) atoms. The van der Waals surface area contributed by atoms with Crippen molar-refractivity contribution in [2.45, 2.75) is 33.2 Å². The first kappa shape index (κ1) is 11.1. The van der Waals surface area contributed by atoms with Crippen LogP contribution in [-0.2, 0) is 5.54 Å². The maximum atomic E-state index is 9.30. The molecule has 0 spiro atoms. The zero-order valence-electron chi connectivity index (χ0n) is 9.33. The average Bonchev–Trinajstić information content (AvgIpc) is 2.02. The summed E-state index contributed by atoms with van der Waals surface area (Å²) in [5.41, 5.74) is 8.06. The number of rotatable bonds is 2. The molecule has 0 aromatic heterocycles. The third-order valence-electron chi connectivity index (χ3n) is 2.99. The highest BCUT2D eigenvalue weighted by Crippen LogP contribution is 2.30. The summed E-state index contributed by atoms with van der Waals surface area (Å²) in [7, 11) is 0. The Kier molecular flexibility index (Phi) is 2.86. The van der Waals surface area contributed by atoms with E-state index in [0.29, 0.717) is 11.7 Å². The second-order valence-corrected chi connectivity index (χ2v) is 4.44. The molecule has 0 heterocycles. The summed E-state index contributed by atoms with van der Waals surface area (Å²) in [6.45, 7) is 8.21. The Morgan fingerprint density at radius 2 is 1.93 bits per heavy atom. The van der Waals surface area contributed by atoms with Crippen molar-refractivity contribution in [2.24, 2.45) is 11.7 Å². The minimum atomic E-state index is -0.336. The van der Waals surface area contributed by atoms with Crippen LogP contribution >= 0.6 is 0 Å². The summed E-state index contributed by atoms with van der Waals surface area (Å²) >= 11 is 0. The molecule has 0 amide bonds. The molecule has 1 atom stereocenters. The van der Waals surface area contributed by atoms with Crippen molar-refractivity contribution in [2.75, 3.05) is 0 Å². The van der Waals surface area contributed by atoms with Crippen molar-refractivity contribution in [3.05, 3.63) is 29.3 Å². The molecule has 0 saturated heterocycles. The molecular weight excluding hydrogens is 174 g/mol. The third-order valence-corrected chi connectivity index (χ3v) is 2.99. The average molecular weight is 193 g/mol. The van der Waals surface area contributed by atoms with Gasteiger partial charge in [0.15, 0.2) is 0 Å². The minimum Gasteiger partial charge on any atom is -0.508 e. The lowest BCUT2D eigenvalue weighted by Crippen LogP contribution is -2.39. The van der Waals surface area contributed by atoms with Gasteiger partial charge in [-0.2, -0.15) is 0 Å². The van der Waals surface area contributed by atoms with Crippen molar-refractivity contribution < 1.29 is 5.11 Å². The fourth-order valence-corrected chi connectivity index (χ4v) is 1.56. The molecule has 0 bridgehead atoms. The van der Waals surface area contributed by atoms with Crippen LogP contribution in [0.25, 0.3) is 0 Å². The number of nitrogens with two attached hydrogens (primary N) is 1. The monoisotopic (exact) mass is 193 g/mol. The molecule has 0 radical (unpaired) electrons. The molecule has 0 aliphatic heterocycles. The summed E-state index contributed by atoms with van der Waals surface area (Å²) in [5.74, 6) is 0.663. The number of benzene rings is 1. The Bertz CT molecular complexity index is 329. The smallest absolute Gasteiger partial charge is 0.115 e. The molecule has 1 rings (SSSR count). The van der Waals surface area contributed by atoms with E-state index in [-0.39, 0.29) is 5.54 Å². The number of aryl methyl sites for hydroxylation is 1. The zero-order chi connectivity index (χ0) is 10.9. The van der Waals surface area contributed by atoms with Crippen LogP contribution < -0.4 is 5.73 Å². The largest absolute Gasteiger partial charge is 0.508 e. The molecule has 2 heteroatoms. The lowest BCUT2D eigenvalue weighted by atomic mass is 9.80. The van der Waals surface area contributed by atoms with Crippen molar-refractivity contribution in [1.29, 1.82) is 0 Å². The minimum absolute atomic E-state index is 0.297. The number of phenolic OH excluding ortho intramolecular Hbond substituents is 1. The molecule has 78 valence electrons. The Morgan fingerprint density at radius 3 is 2.36 bits per heavy atom. The number of hydrogen-bond acceptors (Lipinski definition) is 2. The molecule has 0 aliphatic rings. The normalized spacial score (nSPS) is 15.6. The first-order valence-electron chi connectivity index (χ1n) is 4.94. The molecule has 3 N–H and O–H groups in total. The highest BCUT2D eigenvalue weighted by atomic mass is 16.3. The number of hydrogen-bond donors (Lipinski definition) is 2. The van der Waals surface area contributed by atoms with Crippen LogP contribution in [-0.4, -0.2) is 5.11 Å². The van der Waals surface area contributed by atoms with E-state index < -0.39 is 0 Å². The number of phenols is 1. The lowest BCUT2D eigenvalue weighted by Gasteiger charge is -2.31. The second kappa shape index (κ2) is 3.62. The predicted octanol–water partition coefficient (Wildman–Crippen LogP) is 2.53. The van der Waals surface area contributed by atoms with Crippen LogP contribution in [0.5, 0.6) is 5.75 Å². The van der Waals surface area contributed by atoms with E-state index in [4.69, 9.17) is 5.73 Å². The maximum Gasteiger partial charge on any atom is 0.115 e. The highest BCUT2D eigenvalue weighted by Gasteiger charge is 2.26. The van der Waals surface area contributed by atoms with Crippen LogP contribution in [0.15, 0.2) is 18.2 Å². The van der Waals surface area contributed by atoms with Gasteiger partial charge in [0.1, 0.15) is 5.75 Å². The van der Waals surface area contributed by atoms with Gasteiger partial charge < -0.3 is 10.8 Å². The summed E-state index contributed by atoms with van der Waals surface area (Å²) in [6.07, 6.45) is 0. The van der Waals surface area contributed by atoms with Crippen molar-refractivity contribution in [3.63, 3.8) is 0 Å². The summed E-state index contributed by atoms with van der Waals surface area (Å²) < 4.78 is 0. The standard InChI is InChI=1S/C12H19NO/c1-8(2)12(4,13)11-6-5-10(14)7-9(11)3/h5-8,14H,13H2,1-4H3/t12-/m0/s1. The Labute approximate surface area is 85.8 Å². The quantitative estimate of drug-likeness (QED) is 0.758. The van der Waals surface area contributed by atoms with Crippen LogP contribution in [0.2, 0.25) is 0 Å². The SMILES string of the molecule is Cc1cc(O)ccc1[C@@](C)(N)C(C)C. The van der Waals surface area contributed by atoms with Gasteiger partial charge >= 0.3 is 0 Å². The molecule has 0 fully saturated rings. The van der Waals surface area contributed by atoms with Crippen LogP contribution in [0.4, 0.5) is 0 Å². The summed E-state index contributed by atoms with van der Waals surface area (Å²) in [5, 5.41) is 9.30. The summed E-state index contributed by atoms with van der Waals surface area (Å²) in [4.78, 5) is 0. The van der Waals surface area contributed by atoms with Gasteiger partial charge in [0.25, 0.3) is 0 Å². The number of aromatic hydroxyl groups is 1. The third kappa shape index (κ3) is 1.90. The molecule has 0 saturated carbocycles. The van der Waals surface area contributed by atoms with Gasteiger partial charge in [-0.25, -0.2) is 0 Å². The fourth-order valence-electron chi connectivity index (χ4n) is 1.56. The Morgan fingerprint density at radius 1 is 1.36 bits per heavy atom. The van der Waals surface area contributed by atoms with Crippen molar-refractivity contribution in [1.82, 2.24) is 0 Å². The van der Waals surface area contributed by atoms with E-state index in [1.807, 2.05) is 19.9 Å².